The van der Waals surface area contributed by atoms with E-state index in [4.69, 9.17) is 0 Å². The van der Waals surface area contributed by atoms with Gasteiger partial charge in [-0.15, -0.1) is 10.2 Å². The van der Waals surface area contributed by atoms with E-state index in [2.05, 4.69) is 39.8 Å². The first kappa shape index (κ1) is 16.2. The second-order valence-corrected chi connectivity index (χ2v) is 7.70. The molecule has 1 saturated carbocycles. The molecule has 3 aromatic rings. The number of rotatable bonds is 4. The van der Waals surface area contributed by atoms with E-state index < -0.39 is 0 Å². The van der Waals surface area contributed by atoms with Crippen LogP contribution in [0.15, 0.2) is 42.5 Å². The molecule has 128 valence electrons. The van der Waals surface area contributed by atoms with Gasteiger partial charge in [0.25, 0.3) is 0 Å². The van der Waals surface area contributed by atoms with Crippen molar-refractivity contribution in [2.45, 2.75) is 44.4 Å². The Balaban J connectivity index is 1.40. The molecular formula is C20H21N3OS. The van der Waals surface area contributed by atoms with Crippen LogP contribution >= 0.6 is 11.3 Å². The van der Waals surface area contributed by atoms with Gasteiger partial charge in [0, 0.05) is 5.92 Å². The Labute approximate surface area is 151 Å². The fourth-order valence-electron chi connectivity index (χ4n) is 3.50. The van der Waals surface area contributed by atoms with Crippen molar-refractivity contribution in [3.05, 3.63) is 53.0 Å². The van der Waals surface area contributed by atoms with Crippen LogP contribution in [-0.2, 0) is 11.2 Å². The Kier molecular flexibility index (Phi) is 4.74. The molecule has 2 aromatic carbocycles. The number of carbonyl (C=O) groups is 1. The van der Waals surface area contributed by atoms with Gasteiger partial charge in [-0.3, -0.25) is 4.79 Å². The van der Waals surface area contributed by atoms with Gasteiger partial charge in [-0.25, -0.2) is 0 Å². The number of fused-ring (bicyclic) bond motifs is 1. The molecule has 1 aromatic heterocycles. The summed E-state index contributed by atoms with van der Waals surface area (Å²) in [6.45, 7) is 0. The third-order valence-electron chi connectivity index (χ3n) is 4.82. The normalized spacial score (nSPS) is 15.4. The van der Waals surface area contributed by atoms with E-state index in [1.165, 1.54) is 48.8 Å². The number of hydrogen-bond acceptors (Lipinski definition) is 4. The molecule has 0 aliphatic heterocycles. The number of anilines is 1. The molecule has 0 atom stereocenters. The first-order chi connectivity index (χ1) is 12.3. The number of carbonyl (C=O) groups excluding carboxylic acids is 1. The van der Waals surface area contributed by atoms with Crippen molar-refractivity contribution in [2.24, 2.45) is 0 Å². The lowest BCUT2D eigenvalue weighted by atomic mass is 9.90. The molecule has 1 aliphatic rings. The number of hydrogen-bond donors (Lipinski definition) is 1. The van der Waals surface area contributed by atoms with Crippen LogP contribution in [-0.4, -0.2) is 16.1 Å². The van der Waals surface area contributed by atoms with Crippen molar-refractivity contribution in [2.75, 3.05) is 5.32 Å². The second kappa shape index (κ2) is 7.31. The number of benzene rings is 2. The van der Waals surface area contributed by atoms with Gasteiger partial charge in [-0.05, 0) is 29.2 Å². The second-order valence-electron chi connectivity index (χ2n) is 6.69. The Hall–Kier alpha value is -2.27. The zero-order valence-electron chi connectivity index (χ0n) is 14.1. The minimum absolute atomic E-state index is 0.0402. The van der Waals surface area contributed by atoms with Crippen LogP contribution in [0.2, 0.25) is 0 Å². The molecule has 0 saturated heterocycles. The van der Waals surface area contributed by atoms with Crippen molar-refractivity contribution in [1.82, 2.24) is 10.2 Å². The van der Waals surface area contributed by atoms with Crippen LogP contribution in [0.25, 0.3) is 10.8 Å². The molecule has 4 rings (SSSR count). The van der Waals surface area contributed by atoms with Crippen LogP contribution in [0.3, 0.4) is 0 Å². The molecule has 0 bridgehead atoms. The molecule has 1 N–H and O–H groups in total. The molecule has 0 unspecified atom stereocenters. The summed E-state index contributed by atoms with van der Waals surface area (Å²) >= 11 is 1.53. The van der Waals surface area contributed by atoms with Gasteiger partial charge in [0.1, 0.15) is 5.01 Å². The fourth-order valence-corrected chi connectivity index (χ4v) is 4.43. The summed E-state index contributed by atoms with van der Waals surface area (Å²) in [5.74, 6) is 0.485. The lowest BCUT2D eigenvalue weighted by molar-refractivity contribution is -0.115. The summed E-state index contributed by atoms with van der Waals surface area (Å²) in [4.78, 5) is 12.3. The minimum atomic E-state index is -0.0402. The van der Waals surface area contributed by atoms with Gasteiger partial charge < -0.3 is 5.32 Å². The molecule has 1 aliphatic carbocycles. The summed E-state index contributed by atoms with van der Waals surface area (Å²) < 4.78 is 0. The van der Waals surface area contributed by atoms with Crippen molar-refractivity contribution < 1.29 is 4.79 Å². The van der Waals surface area contributed by atoms with Crippen molar-refractivity contribution in [3.63, 3.8) is 0 Å². The molecule has 1 amide bonds. The van der Waals surface area contributed by atoms with Crippen LogP contribution in [0.4, 0.5) is 5.13 Å². The van der Waals surface area contributed by atoms with Crippen molar-refractivity contribution >= 4 is 33.1 Å². The van der Waals surface area contributed by atoms with Crippen molar-refractivity contribution in [3.8, 4) is 0 Å². The number of amides is 1. The molecule has 5 heteroatoms. The number of aromatic nitrogens is 2. The van der Waals surface area contributed by atoms with E-state index in [9.17, 15) is 4.79 Å². The summed E-state index contributed by atoms with van der Waals surface area (Å²) in [6, 6.07) is 14.3. The monoisotopic (exact) mass is 351 g/mol. The molecule has 1 fully saturated rings. The Morgan fingerprint density at radius 1 is 1.04 bits per heavy atom. The van der Waals surface area contributed by atoms with Gasteiger partial charge in [0.15, 0.2) is 0 Å². The van der Waals surface area contributed by atoms with Gasteiger partial charge in [-0.2, -0.15) is 0 Å². The van der Waals surface area contributed by atoms with E-state index in [1.54, 1.807) is 0 Å². The fraction of sp³-hybridized carbons (Fsp3) is 0.350. The quantitative estimate of drug-likeness (QED) is 0.726. The number of nitrogens with one attached hydrogen (secondary N) is 1. The molecule has 25 heavy (non-hydrogen) atoms. The maximum absolute atomic E-state index is 12.3. The van der Waals surface area contributed by atoms with E-state index in [0.717, 1.165) is 16.0 Å². The average molecular weight is 351 g/mol. The number of nitrogens with zero attached hydrogens (tertiary/aromatic N) is 2. The van der Waals surface area contributed by atoms with E-state index in [0.29, 0.717) is 17.5 Å². The van der Waals surface area contributed by atoms with Crippen LogP contribution in [0.1, 0.15) is 48.6 Å². The highest BCUT2D eigenvalue weighted by molar-refractivity contribution is 7.15. The highest BCUT2D eigenvalue weighted by atomic mass is 32.1. The van der Waals surface area contributed by atoms with Gasteiger partial charge in [0.2, 0.25) is 11.0 Å². The first-order valence-corrected chi connectivity index (χ1v) is 9.70. The zero-order valence-corrected chi connectivity index (χ0v) is 14.9. The Morgan fingerprint density at radius 2 is 1.84 bits per heavy atom. The lowest BCUT2D eigenvalue weighted by Gasteiger charge is -2.18. The predicted molar refractivity (Wildman–Crippen MR) is 102 cm³/mol. The topological polar surface area (TPSA) is 54.9 Å². The van der Waals surface area contributed by atoms with Crippen LogP contribution in [0, 0.1) is 0 Å². The summed E-state index contributed by atoms with van der Waals surface area (Å²) in [5, 5.41) is 15.4. The molecular weight excluding hydrogens is 330 g/mol. The van der Waals surface area contributed by atoms with Gasteiger partial charge >= 0.3 is 0 Å². The van der Waals surface area contributed by atoms with E-state index in [1.807, 2.05) is 18.2 Å². The van der Waals surface area contributed by atoms with Gasteiger partial charge in [0.05, 0.1) is 6.42 Å². The molecule has 0 radical (unpaired) electrons. The molecule has 4 nitrogen and oxygen atoms in total. The predicted octanol–water partition coefficient (Wildman–Crippen LogP) is 4.92. The molecule has 1 heterocycles. The standard InChI is InChI=1S/C20H21N3OS/c24-18(13-14-10-11-15-6-4-5-9-17(15)12-14)21-20-23-22-19(25-20)16-7-2-1-3-8-16/h4-6,9-12,16H,1-3,7-8,13H2,(H,21,23,24). The smallest absolute Gasteiger partial charge is 0.230 e. The van der Waals surface area contributed by atoms with Crippen LogP contribution in [0.5, 0.6) is 0 Å². The Morgan fingerprint density at radius 3 is 2.68 bits per heavy atom. The van der Waals surface area contributed by atoms with Crippen molar-refractivity contribution in [1.29, 1.82) is 0 Å². The summed E-state index contributed by atoms with van der Waals surface area (Å²) in [7, 11) is 0. The maximum atomic E-state index is 12.3. The first-order valence-electron chi connectivity index (χ1n) is 8.89. The minimum Gasteiger partial charge on any atom is -0.300 e. The summed E-state index contributed by atoms with van der Waals surface area (Å²) in [6.07, 6.45) is 6.61. The van der Waals surface area contributed by atoms with Crippen LogP contribution < -0.4 is 5.32 Å². The van der Waals surface area contributed by atoms with E-state index in [-0.39, 0.29) is 5.91 Å². The third-order valence-corrected chi connectivity index (χ3v) is 5.82. The largest absolute Gasteiger partial charge is 0.300 e. The SMILES string of the molecule is O=C(Cc1ccc2ccccc2c1)Nc1nnc(C2CCCCC2)s1. The molecule has 0 spiro atoms. The Bertz CT molecular complexity index is 883. The zero-order chi connectivity index (χ0) is 17.1. The average Bonchev–Trinajstić information content (AvgIpc) is 3.10. The van der Waals surface area contributed by atoms with E-state index >= 15 is 0 Å². The van der Waals surface area contributed by atoms with Gasteiger partial charge in [-0.1, -0.05) is 73.1 Å². The summed E-state index contributed by atoms with van der Waals surface area (Å²) in [5.41, 5.74) is 1.01. The maximum Gasteiger partial charge on any atom is 0.230 e. The third kappa shape index (κ3) is 3.87. The highest BCUT2D eigenvalue weighted by Crippen LogP contribution is 2.35. The highest BCUT2D eigenvalue weighted by Gasteiger charge is 2.20. The lowest BCUT2D eigenvalue weighted by Crippen LogP contribution is -2.14.